The van der Waals surface area contributed by atoms with Crippen molar-refractivity contribution in [3.05, 3.63) is 59.7 Å². The Morgan fingerprint density at radius 2 is 1.68 bits per heavy atom. The molecule has 1 aliphatic heterocycles. The van der Waals surface area contributed by atoms with Gasteiger partial charge in [0.05, 0.1) is 0 Å². The smallest absolute Gasteiger partial charge is 0.407 e. The number of carboxylic acids is 1. The minimum atomic E-state index is -1.53. The first-order chi connectivity index (χ1) is 16.5. The quantitative estimate of drug-likeness (QED) is 0.441. The summed E-state index contributed by atoms with van der Waals surface area (Å²) in [5.41, 5.74) is 4.57. The third-order valence-corrected chi connectivity index (χ3v) is 6.33. The molecule has 34 heavy (non-hydrogen) atoms. The molecule has 0 spiro atoms. The number of fused-ring (bicyclic) bond motifs is 3. The van der Waals surface area contributed by atoms with Crippen LogP contribution in [-0.4, -0.2) is 66.7 Å². The zero-order valence-corrected chi connectivity index (χ0v) is 18.6. The molecule has 0 unspecified atom stereocenters. The van der Waals surface area contributed by atoms with Gasteiger partial charge in [-0.1, -0.05) is 48.5 Å². The summed E-state index contributed by atoms with van der Waals surface area (Å²) in [7, 11) is 0. The molecule has 1 aliphatic carbocycles. The number of aliphatic carboxylic acids is 1. The fraction of sp³-hybridized carbons (Fsp3) is 0.400. The van der Waals surface area contributed by atoms with Crippen molar-refractivity contribution in [3.63, 3.8) is 0 Å². The number of aliphatic hydroxyl groups is 1. The van der Waals surface area contributed by atoms with E-state index in [0.29, 0.717) is 13.0 Å². The predicted octanol–water partition coefficient (Wildman–Crippen LogP) is 1.88. The molecule has 4 rings (SSSR count). The average Bonchev–Trinajstić information content (AvgIpc) is 3.44. The third-order valence-electron chi connectivity index (χ3n) is 6.33. The number of carbonyl (C=O) groups is 3. The molecule has 0 bridgehead atoms. The van der Waals surface area contributed by atoms with Gasteiger partial charge in [0.2, 0.25) is 5.91 Å². The normalized spacial score (nSPS) is 19.7. The van der Waals surface area contributed by atoms with E-state index in [1.807, 2.05) is 24.3 Å². The summed E-state index contributed by atoms with van der Waals surface area (Å²) in [4.78, 5) is 35.4. The number of hydrogen-bond donors (Lipinski definition) is 4. The molecule has 1 fully saturated rings. The Kier molecular flexibility index (Phi) is 7.44. The van der Waals surface area contributed by atoms with Crippen LogP contribution in [0.4, 0.5) is 4.79 Å². The van der Waals surface area contributed by atoms with Gasteiger partial charge in [0, 0.05) is 38.0 Å². The van der Waals surface area contributed by atoms with Crippen LogP contribution >= 0.6 is 0 Å². The highest BCUT2D eigenvalue weighted by molar-refractivity contribution is 5.82. The van der Waals surface area contributed by atoms with Crippen molar-refractivity contribution in [3.8, 4) is 11.1 Å². The van der Waals surface area contributed by atoms with Gasteiger partial charge in [0.15, 0.2) is 6.10 Å². The summed E-state index contributed by atoms with van der Waals surface area (Å²) in [5.74, 6) is -2.00. The van der Waals surface area contributed by atoms with Gasteiger partial charge in [-0.3, -0.25) is 4.79 Å². The number of aliphatic hydroxyl groups excluding tert-OH is 1. The average molecular weight is 469 g/mol. The molecule has 2 aliphatic rings. The van der Waals surface area contributed by atoms with Crippen LogP contribution in [0.15, 0.2) is 48.5 Å². The summed E-state index contributed by atoms with van der Waals surface area (Å²) in [5, 5.41) is 23.3. The van der Waals surface area contributed by atoms with Gasteiger partial charge >= 0.3 is 12.1 Å². The number of nitrogens with one attached hydrogen (secondary N) is 2. The molecular weight excluding hydrogens is 440 g/mol. The molecular formula is C25H28N2O7. The largest absolute Gasteiger partial charge is 0.479 e. The molecule has 3 atom stereocenters. The van der Waals surface area contributed by atoms with Gasteiger partial charge in [-0.25, -0.2) is 9.59 Å². The molecule has 2 aromatic rings. The second kappa shape index (κ2) is 10.7. The van der Waals surface area contributed by atoms with E-state index in [1.165, 1.54) is 0 Å². The molecule has 2 aromatic carbocycles. The Bertz CT molecular complexity index is 1010. The summed E-state index contributed by atoms with van der Waals surface area (Å²) in [6.07, 6.45) is -2.35. The molecule has 0 radical (unpaired) electrons. The first-order valence-corrected chi connectivity index (χ1v) is 11.3. The Labute approximate surface area is 197 Å². The molecule has 1 saturated heterocycles. The first kappa shape index (κ1) is 23.7. The van der Waals surface area contributed by atoms with Gasteiger partial charge in [0.1, 0.15) is 12.7 Å². The van der Waals surface area contributed by atoms with Crippen LogP contribution in [0.2, 0.25) is 0 Å². The second-order valence-electron chi connectivity index (χ2n) is 8.48. The third kappa shape index (κ3) is 5.21. The van der Waals surface area contributed by atoms with Gasteiger partial charge in [-0.15, -0.1) is 0 Å². The molecule has 2 amide bonds. The van der Waals surface area contributed by atoms with Crippen molar-refractivity contribution in [1.82, 2.24) is 10.6 Å². The van der Waals surface area contributed by atoms with E-state index < -0.39 is 30.2 Å². The van der Waals surface area contributed by atoms with Crippen molar-refractivity contribution in [2.75, 3.05) is 26.3 Å². The summed E-state index contributed by atoms with van der Waals surface area (Å²) < 4.78 is 11.0. The predicted molar refractivity (Wildman–Crippen MR) is 122 cm³/mol. The van der Waals surface area contributed by atoms with E-state index in [-0.39, 0.29) is 38.0 Å². The fourth-order valence-corrected chi connectivity index (χ4v) is 4.55. The number of carbonyl (C=O) groups excluding carboxylic acids is 2. The molecule has 0 aromatic heterocycles. The van der Waals surface area contributed by atoms with E-state index in [1.54, 1.807) is 0 Å². The molecule has 9 heteroatoms. The lowest BCUT2D eigenvalue weighted by Crippen LogP contribution is -2.43. The Morgan fingerprint density at radius 3 is 2.32 bits per heavy atom. The van der Waals surface area contributed by atoms with Crippen LogP contribution in [0.1, 0.15) is 29.9 Å². The summed E-state index contributed by atoms with van der Waals surface area (Å²) in [6, 6.07) is 16.2. The van der Waals surface area contributed by atoms with Crippen molar-refractivity contribution >= 4 is 18.0 Å². The number of ether oxygens (including phenoxy) is 2. The maximum absolute atomic E-state index is 12.4. The van der Waals surface area contributed by atoms with E-state index in [0.717, 1.165) is 22.3 Å². The van der Waals surface area contributed by atoms with Crippen LogP contribution in [0, 0.1) is 5.92 Å². The highest BCUT2D eigenvalue weighted by Gasteiger charge is 2.35. The molecule has 1 heterocycles. The standard InChI is InChI=1S/C25H28N2O7/c28-21(24(30)31)9-11-26-23(29)22-15(10-12-33-22)13-27-25(32)34-14-20-18-7-3-1-5-16(18)17-6-2-4-8-19(17)20/h1-8,15,20-22,28H,9-14H2,(H,26,29)(H,27,32)(H,30,31)/t15-,21-,22-/m0/s1. The topological polar surface area (TPSA) is 134 Å². The zero-order valence-electron chi connectivity index (χ0n) is 18.6. The van der Waals surface area contributed by atoms with Crippen molar-refractivity contribution in [2.24, 2.45) is 5.92 Å². The lowest BCUT2D eigenvalue weighted by atomic mass is 9.98. The van der Waals surface area contributed by atoms with E-state index in [4.69, 9.17) is 14.6 Å². The highest BCUT2D eigenvalue weighted by atomic mass is 16.5. The molecule has 9 nitrogen and oxygen atoms in total. The fourth-order valence-electron chi connectivity index (χ4n) is 4.55. The molecule has 4 N–H and O–H groups in total. The van der Waals surface area contributed by atoms with Crippen LogP contribution in [0.3, 0.4) is 0 Å². The Morgan fingerprint density at radius 1 is 1.03 bits per heavy atom. The molecule has 0 saturated carbocycles. The second-order valence-corrected chi connectivity index (χ2v) is 8.48. The SMILES string of the molecule is O=C(NC[C@@H]1CCO[C@@H]1C(=O)NCC[C@H](O)C(=O)O)OCC1c2ccccc2-c2ccccc21. The number of hydrogen-bond acceptors (Lipinski definition) is 6. The number of rotatable bonds is 9. The van der Waals surface area contributed by atoms with Crippen molar-refractivity contribution in [2.45, 2.75) is 31.0 Å². The lowest BCUT2D eigenvalue weighted by Gasteiger charge is -2.19. The monoisotopic (exact) mass is 468 g/mol. The van der Waals surface area contributed by atoms with Gasteiger partial charge in [-0.05, 0) is 28.7 Å². The van der Waals surface area contributed by atoms with E-state index in [2.05, 4.69) is 34.9 Å². The maximum atomic E-state index is 12.4. The molecule has 180 valence electrons. The maximum Gasteiger partial charge on any atom is 0.407 e. The number of amides is 2. The van der Waals surface area contributed by atoms with Crippen LogP contribution in [0.25, 0.3) is 11.1 Å². The minimum absolute atomic E-state index is 0.0126. The highest BCUT2D eigenvalue weighted by Crippen LogP contribution is 2.44. The minimum Gasteiger partial charge on any atom is -0.479 e. The number of benzene rings is 2. The van der Waals surface area contributed by atoms with Gasteiger partial charge in [0.25, 0.3) is 0 Å². The van der Waals surface area contributed by atoms with E-state index in [9.17, 15) is 19.5 Å². The zero-order chi connectivity index (χ0) is 24.1. The van der Waals surface area contributed by atoms with Gasteiger partial charge in [-0.2, -0.15) is 0 Å². The van der Waals surface area contributed by atoms with Crippen LogP contribution in [0.5, 0.6) is 0 Å². The number of alkyl carbamates (subject to hydrolysis) is 1. The Balaban J connectivity index is 1.26. The van der Waals surface area contributed by atoms with Crippen LogP contribution in [-0.2, 0) is 19.1 Å². The van der Waals surface area contributed by atoms with Crippen molar-refractivity contribution < 1.29 is 34.1 Å². The van der Waals surface area contributed by atoms with E-state index >= 15 is 0 Å². The van der Waals surface area contributed by atoms with Crippen LogP contribution < -0.4 is 10.6 Å². The Hall–Kier alpha value is -3.43. The van der Waals surface area contributed by atoms with Gasteiger partial charge < -0.3 is 30.3 Å². The van der Waals surface area contributed by atoms with Crippen molar-refractivity contribution in [1.29, 1.82) is 0 Å². The summed E-state index contributed by atoms with van der Waals surface area (Å²) in [6.45, 7) is 0.814. The number of carboxylic acid groups (broad SMARTS) is 1. The first-order valence-electron chi connectivity index (χ1n) is 11.3. The summed E-state index contributed by atoms with van der Waals surface area (Å²) >= 11 is 0. The lowest BCUT2D eigenvalue weighted by molar-refractivity contribution is -0.147.